The van der Waals surface area contributed by atoms with Crippen molar-refractivity contribution in [3.05, 3.63) is 23.9 Å². The Morgan fingerprint density at radius 3 is 2.42 bits per heavy atom. The lowest BCUT2D eigenvalue weighted by atomic mass is 10.1. The van der Waals surface area contributed by atoms with Gasteiger partial charge in [0.2, 0.25) is 0 Å². The summed E-state index contributed by atoms with van der Waals surface area (Å²) in [6, 6.07) is 4.79. The van der Waals surface area contributed by atoms with Crippen LogP contribution in [0.1, 0.15) is 44.2 Å². The van der Waals surface area contributed by atoms with Crippen LogP contribution in [0.5, 0.6) is 0 Å². The molecule has 104 valence electrons. The quantitative estimate of drug-likeness (QED) is 0.816. The Labute approximate surface area is 116 Å². The van der Waals surface area contributed by atoms with Crippen LogP contribution in [0, 0.1) is 11.8 Å². The molecule has 0 aliphatic heterocycles. The summed E-state index contributed by atoms with van der Waals surface area (Å²) >= 11 is 0. The fourth-order valence-corrected chi connectivity index (χ4v) is 2.53. The van der Waals surface area contributed by atoms with Gasteiger partial charge in [-0.1, -0.05) is 0 Å². The number of anilines is 1. The Morgan fingerprint density at radius 1 is 1.26 bits per heavy atom. The largest absolute Gasteiger partial charge is 0.356 e. The Balaban J connectivity index is 1.75. The van der Waals surface area contributed by atoms with Crippen LogP contribution in [0.3, 0.4) is 0 Å². The standard InChI is InChI=1S/C16H25N3/c1-12(17-2)15-7-8-18-16(9-15)19(10-13-3-4-13)11-14-5-6-14/h7-9,12-14,17H,3-6,10-11H2,1-2H3. The van der Waals surface area contributed by atoms with Crippen molar-refractivity contribution in [2.45, 2.75) is 38.6 Å². The third kappa shape index (κ3) is 3.47. The zero-order valence-electron chi connectivity index (χ0n) is 12.1. The van der Waals surface area contributed by atoms with Gasteiger partial charge in [-0.15, -0.1) is 0 Å². The number of hydrogen-bond acceptors (Lipinski definition) is 3. The first-order chi connectivity index (χ1) is 9.26. The molecule has 19 heavy (non-hydrogen) atoms. The topological polar surface area (TPSA) is 28.2 Å². The third-order valence-corrected chi connectivity index (χ3v) is 4.38. The second-order valence-electron chi connectivity index (χ2n) is 6.25. The molecule has 0 amide bonds. The predicted molar refractivity (Wildman–Crippen MR) is 79.4 cm³/mol. The number of pyridine rings is 1. The van der Waals surface area contributed by atoms with E-state index in [1.54, 1.807) is 0 Å². The number of hydrogen-bond donors (Lipinski definition) is 1. The molecule has 0 saturated heterocycles. The van der Waals surface area contributed by atoms with Crippen LogP contribution in [0.2, 0.25) is 0 Å². The molecule has 1 unspecified atom stereocenters. The molecule has 2 aliphatic carbocycles. The van der Waals surface area contributed by atoms with Crippen molar-refractivity contribution < 1.29 is 0 Å². The first-order valence-electron chi connectivity index (χ1n) is 7.64. The van der Waals surface area contributed by atoms with E-state index in [1.807, 2.05) is 13.2 Å². The summed E-state index contributed by atoms with van der Waals surface area (Å²) in [6.45, 7) is 4.62. The molecular weight excluding hydrogens is 234 g/mol. The second-order valence-corrected chi connectivity index (χ2v) is 6.25. The van der Waals surface area contributed by atoms with Gasteiger partial charge in [0, 0.05) is 25.3 Å². The van der Waals surface area contributed by atoms with Crippen molar-refractivity contribution >= 4 is 5.82 Å². The van der Waals surface area contributed by atoms with Crippen molar-refractivity contribution in [3.63, 3.8) is 0 Å². The van der Waals surface area contributed by atoms with Gasteiger partial charge >= 0.3 is 0 Å². The van der Waals surface area contributed by atoms with Crippen LogP contribution in [0.4, 0.5) is 5.82 Å². The average Bonchev–Trinajstić information content (AvgIpc) is 3.32. The molecule has 3 rings (SSSR count). The highest BCUT2D eigenvalue weighted by Crippen LogP contribution is 2.35. The highest BCUT2D eigenvalue weighted by atomic mass is 15.2. The van der Waals surface area contributed by atoms with Gasteiger partial charge in [0.05, 0.1) is 0 Å². The van der Waals surface area contributed by atoms with Crippen molar-refractivity contribution in [3.8, 4) is 0 Å². The van der Waals surface area contributed by atoms with Gasteiger partial charge in [-0.3, -0.25) is 0 Å². The lowest BCUT2D eigenvalue weighted by Crippen LogP contribution is -2.29. The Kier molecular flexibility index (Phi) is 3.74. The Hall–Kier alpha value is -1.09. The Bertz CT molecular complexity index is 410. The van der Waals surface area contributed by atoms with Gasteiger partial charge in [-0.05, 0) is 69.2 Å². The van der Waals surface area contributed by atoms with Crippen LogP contribution in [-0.4, -0.2) is 25.1 Å². The van der Waals surface area contributed by atoms with Crippen molar-refractivity contribution in [2.75, 3.05) is 25.0 Å². The van der Waals surface area contributed by atoms with Crippen LogP contribution in [-0.2, 0) is 0 Å². The molecular formula is C16H25N3. The lowest BCUT2D eigenvalue weighted by molar-refractivity contribution is 0.645. The van der Waals surface area contributed by atoms with E-state index in [9.17, 15) is 0 Å². The summed E-state index contributed by atoms with van der Waals surface area (Å²) in [4.78, 5) is 7.15. The van der Waals surface area contributed by atoms with Crippen molar-refractivity contribution in [1.82, 2.24) is 10.3 Å². The number of aromatic nitrogens is 1. The minimum absolute atomic E-state index is 0.394. The summed E-state index contributed by atoms with van der Waals surface area (Å²) in [7, 11) is 2.01. The molecule has 1 aromatic rings. The highest BCUT2D eigenvalue weighted by molar-refractivity contribution is 5.42. The number of rotatable bonds is 7. The summed E-state index contributed by atoms with van der Waals surface area (Å²) in [5.74, 6) is 3.02. The average molecular weight is 259 g/mol. The molecule has 2 saturated carbocycles. The number of nitrogens with one attached hydrogen (secondary N) is 1. The maximum Gasteiger partial charge on any atom is 0.128 e. The normalized spacial score (nSPS) is 20.3. The molecule has 0 spiro atoms. The monoisotopic (exact) mass is 259 g/mol. The van der Waals surface area contributed by atoms with E-state index < -0.39 is 0 Å². The first kappa shape index (κ1) is 12.9. The maximum absolute atomic E-state index is 4.62. The molecule has 3 heteroatoms. The van der Waals surface area contributed by atoms with Gasteiger partial charge in [-0.25, -0.2) is 4.98 Å². The molecule has 0 aromatic carbocycles. The van der Waals surface area contributed by atoms with Gasteiger partial charge in [0.15, 0.2) is 0 Å². The zero-order valence-corrected chi connectivity index (χ0v) is 12.1. The van der Waals surface area contributed by atoms with E-state index in [-0.39, 0.29) is 0 Å². The van der Waals surface area contributed by atoms with Crippen molar-refractivity contribution in [1.29, 1.82) is 0 Å². The lowest BCUT2D eigenvalue weighted by Gasteiger charge is -2.24. The van der Waals surface area contributed by atoms with Crippen LogP contribution in [0.25, 0.3) is 0 Å². The molecule has 2 aliphatic rings. The van der Waals surface area contributed by atoms with E-state index in [2.05, 4.69) is 34.3 Å². The van der Waals surface area contributed by atoms with Gasteiger partial charge in [-0.2, -0.15) is 0 Å². The summed E-state index contributed by atoms with van der Waals surface area (Å²) in [6.07, 6.45) is 7.61. The summed E-state index contributed by atoms with van der Waals surface area (Å²) < 4.78 is 0. The molecule has 1 aromatic heterocycles. The van der Waals surface area contributed by atoms with Crippen LogP contribution >= 0.6 is 0 Å². The van der Waals surface area contributed by atoms with Gasteiger partial charge < -0.3 is 10.2 Å². The smallest absolute Gasteiger partial charge is 0.128 e. The molecule has 1 atom stereocenters. The zero-order chi connectivity index (χ0) is 13.2. The SMILES string of the molecule is CNC(C)c1ccnc(N(CC2CC2)CC2CC2)c1. The van der Waals surface area contributed by atoms with Gasteiger partial charge in [0.25, 0.3) is 0 Å². The molecule has 2 fully saturated rings. The van der Waals surface area contributed by atoms with E-state index in [0.29, 0.717) is 6.04 Å². The molecule has 0 bridgehead atoms. The van der Waals surface area contributed by atoms with E-state index in [1.165, 1.54) is 50.2 Å². The third-order valence-electron chi connectivity index (χ3n) is 4.38. The summed E-state index contributed by atoms with van der Waals surface area (Å²) in [5.41, 5.74) is 1.34. The minimum atomic E-state index is 0.394. The van der Waals surface area contributed by atoms with E-state index >= 15 is 0 Å². The Morgan fingerprint density at radius 2 is 1.89 bits per heavy atom. The molecule has 1 N–H and O–H groups in total. The number of nitrogens with zero attached hydrogens (tertiary/aromatic N) is 2. The van der Waals surface area contributed by atoms with Crippen LogP contribution < -0.4 is 10.2 Å². The highest BCUT2D eigenvalue weighted by Gasteiger charge is 2.29. The van der Waals surface area contributed by atoms with Crippen molar-refractivity contribution in [2.24, 2.45) is 11.8 Å². The molecule has 3 nitrogen and oxygen atoms in total. The predicted octanol–water partition coefficient (Wildman–Crippen LogP) is 2.99. The second kappa shape index (κ2) is 5.49. The van der Waals surface area contributed by atoms with Crippen LogP contribution in [0.15, 0.2) is 18.3 Å². The molecule has 1 heterocycles. The first-order valence-corrected chi connectivity index (χ1v) is 7.64. The maximum atomic E-state index is 4.62. The minimum Gasteiger partial charge on any atom is -0.356 e. The van der Waals surface area contributed by atoms with E-state index in [4.69, 9.17) is 0 Å². The summed E-state index contributed by atoms with van der Waals surface area (Å²) in [5, 5.41) is 3.31. The van der Waals surface area contributed by atoms with Gasteiger partial charge in [0.1, 0.15) is 5.82 Å². The fraction of sp³-hybridized carbons (Fsp3) is 0.688. The molecule has 0 radical (unpaired) electrons. The van der Waals surface area contributed by atoms with E-state index in [0.717, 1.165) is 11.8 Å². The fourth-order valence-electron chi connectivity index (χ4n) is 2.53.